The molecular formula is C16H18N4O3S. The Bertz CT molecular complexity index is 854. The van der Waals surface area contributed by atoms with Crippen LogP contribution >= 0.6 is 0 Å². The summed E-state index contributed by atoms with van der Waals surface area (Å²) in [5.74, 6) is 0.423. The zero-order valence-corrected chi connectivity index (χ0v) is 14.1. The molecule has 0 amide bonds. The molecule has 24 heavy (non-hydrogen) atoms. The molecule has 1 unspecified atom stereocenters. The lowest BCUT2D eigenvalue weighted by atomic mass is 10.2. The standard InChI is InChI=1S/C16H18N4O3S/c1-2-23-16-4-3-13(9-18-16)24(21,22)20-12-6-8-19(11-12)15-10-17-7-5-14(15)20/h3-5,7,9-10,12H,2,6,8,11H2,1H3. The van der Waals surface area contributed by atoms with Crippen molar-refractivity contribution in [3.8, 4) is 5.88 Å². The maximum atomic E-state index is 13.2. The molecule has 1 atom stereocenters. The van der Waals surface area contributed by atoms with Crippen LogP contribution in [0.2, 0.25) is 0 Å². The minimum atomic E-state index is -3.68. The van der Waals surface area contributed by atoms with Gasteiger partial charge in [0.15, 0.2) is 0 Å². The smallest absolute Gasteiger partial charge is 0.266 e. The van der Waals surface area contributed by atoms with Crippen molar-refractivity contribution in [2.24, 2.45) is 0 Å². The molecule has 1 saturated heterocycles. The van der Waals surface area contributed by atoms with E-state index in [1.807, 2.05) is 6.92 Å². The molecule has 0 aliphatic carbocycles. The van der Waals surface area contributed by atoms with Gasteiger partial charge in [-0.15, -0.1) is 0 Å². The quantitative estimate of drug-likeness (QED) is 0.838. The largest absolute Gasteiger partial charge is 0.478 e. The van der Waals surface area contributed by atoms with Gasteiger partial charge in [0, 0.05) is 25.4 Å². The fourth-order valence-electron chi connectivity index (χ4n) is 3.35. The summed E-state index contributed by atoms with van der Waals surface area (Å²) in [6, 6.07) is 4.85. The van der Waals surface area contributed by atoms with Gasteiger partial charge in [-0.1, -0.05) is 0 Å². The number of sulfonamides is 1. The zero-order chi connectivity index (χ0) is 16.7. The molecule has 2 aliphatic rings. The van der Waals surface area contributed by atoms with Crippen LogP contribution in [0.5, 0.6) is 5.88 Å². The first-order valence-corrected chi connectivity index (χ1v) is 9.37. The molecule has 2 aromatic rings. The van der Waals surface area contributed by atoms with Crippen molar-refractivity contribution in [1.82, 2.24) is 9.97 Å². The van der Waals surface area contributed by atoms with Gasteiger partial charge in [0.25, 0.3) is 10.0 Å². The molecule has 0 spiro atoms. The molecule has 2 aromatic heterocycles. The predicted octanol–water partition coefficient (Wildman–Crippen LogP) is 1.66. The first kappa shape index (κ1) is 15.2. The lowest BCUT2D eigenvalue weighted by Gasteiger charge is -2.36. The third kappa shape index (κ3) is 2.29. The summed E-state index contributed by atoms with van der Waals surface area (Å²) in [4.78, 5) is 10.6. The van der Waals surface area contributed by atoms with Crippen molar-refractivity contribution in [1.29, 1.82) is 0 Å². The molecule has 0 radical (unpaired) electrons. The first-order chi connectivity index (χ1) is 11.6. The van der Waals surface area contributed by atoms with E-state index in [1.54, 1.807) is 30.6 Å². The van der Waals surface area contributed by atoms with Crippen molar-refractivity contribution < 1.29 is 13.2 Å². The van der Waals surface area contributed by atoms with E-state index in [1.165, 1.54) is 10.5 Å². The molecule has 126 valence electrons. The van der Waals surface area contributed by atoms with E-state index in [0.717, 1.165) is 18.7 Å². The SMILES string of the molecule is CCOc1ccc(S(=O)(=O)N2c3ccncc3N3CCC2C3)cn1. The molecule has 1 fully saturated rings. The van der Waals surface area contributed by atoms with Crippen LogP contribution in [-0.2, 0) is 10.0 Å². The minimum Gasteiger partial charge on any atom is -0.478 e. The number of ether oxygens (including phenoxy) is 1. The third-order valence-electron chi connectivity index (χ3n) is 4.41. The Morgan fingerprint density at radius 1 is 1.25 bits per heavy atom. The molecule has 2 aliphatic heterocycles. The second kappa shape index (κ2) is 5.62. The highest BCUT2D eigenvalue weighted by Gasteiger charge is 2.42. The fraction of sp³-hybridized carbons (Fsp3) is 0.375. The van der Waals surface area contributed by atoms with Crippen LogP contribution in [0.4, 0.5) is 11.4 Å². The summed E-state index contributed by atoms with van der Waals surface area (Å²) in [6.45, 7) is 3.89. The number of fused-ring (bicyclic) bond motifs is 4. The number of anilines is 2. The number of aromatic nitrogens is 2. The summed E-state index contributed by atoms with van der Waals surface area (Å²) in [6.07, 6.45) is 5.53. The monoisotopic (exact) mass is 346 g/mol. The Morgan fingerprint density at radius 2 is 2.12 bits per heavy atom. The number of pyridine rings is 2. The average Bonchev–Trinajstić information content (AvgIpc) is 3.00. The van der Waals surface area contributed by atoms with Gasteiger partial charge >= 0.3 is 0 Å². The van der Waals surface area contributed by atoms with Crippen molar-refractivity contribution in [3.63, 3.8) is 0 Å². The van der Waals surface area contributed by atoms with Crippen molar-refractivity contribution in [2.45, 2.75) is 24.3 Å². The molecule has 0 N–H and O–H groups in total. The second-order valence-corrected chi connectivity index (χ2v) is 7.63. The number of hydrogen-bond acceptors (Lipinski definition) is 6. The van der Waals surface area contributed by atoms with Gasteiger partial charge in [0.2, 0.25) is 5.88 Å². The molecule has 2 bridgehead atoms. The lowest BCUT2D eigenvalue weighted by molar-refractivity contribution is 0.326. The van der Waals surface area contributed by atoms with E-state index in [-0.39, 0.29) is 10.9 Å². The van der Waals surface area contributed by atoms with Crippen LogP contribution in [0.1, 0.15) is 13.3 Å². The highest BCUT2D eigenvalue weighted by molar-refractivity contribution is 7.92. The van der Waals surface area contributed by atoms with Gasteiger partial charge in [-0.3, -0.25) is 9.29 Å². The van der Waals surface area contributed by atoms with E-state index in [4.69, 9.17) is 4.74 Å². The van der Waals surface area contributed by atoms with Crippen LogP contribution in [-0.4, -0.2) is 44.1 Å². The molecule has 4 heterocycles. The van der Waals surface area contributed by atoms with Crippen LogP contribution in [0.25, 0.3) is 0 Å². The van der Waals surface area contributed by atoms with Crippen LogP contribution < -0.4 is 13.9 Å². The predicted molar refractivity (Wildman–Crippen MR) is 89.9 cm³/mol. The number of rotatable bonds is 4. The van der Waals surface area contributed by atoms with E-state index < -0.39 is 10.0 Å². The zero-order valence-electron chi connectivity index (χ0n) is 13.3. The third-order valence-corrected chi connectivity index (χ3v) is 6.26. The first-order valence-electron chi connectivity index (χ1n) is 7.93. The summed E-state index contributed by atoms with van der Waals surface area (Å²) in [5.41, 5.74) is 1.56. The second-order valence-electron chi connectivity index (χ2n) is 5.82. The van der Waals surface area contributed by atoms with Gasteiger partial charge < -0.3 is 9.64 Å². The summed E-state index contributed by atoms with van der Waals surface area (Å²) < 4.78 is 33.2. The maximum absolute atomic E-state index is 13.2. The van der Waals surface area contributed by atoms with E-state index in [9.17, 15) is 8.42 Å². The Kier molecular flexibility index (Phi) is 3.56. The summed E-state index contributed by atoms with van der Waals surface area (Å²) >= 11 is 0. The highest BCUT2D eigenvalue weighted by atomic mass is 32.2. The number of hydrogen-bond donors (Lipinski definition) is 0. The Hall–Kier alpha value is -2.35. The van der Waals surface area contributed by atoms with Crippen molar-refractivity contribution in [3.05, 3.63) is 36.8 Å². The molecular weight excluding hydrogens is 328 g/mol. The van der Waals surface area contributed by atoms with Crippen molar-refractivity contribution in [2.75, 3.05) is 28.9 Å². The van der Waals surface area contributed by atoms with Gasteiger partial charge in [0.05, 0.1) is 36.4 Å². The maximum Gasteiger partial charge on any atom is 0.266 e. The summed E-state index contributed by atoms with van der Waals surface area (Å²) in [7, 11) is -3.68. The molecule has 4 rings (SSSR count). The minimum absolute atomic E-state index is 0.0588. The molecule has 0 aromatic carbocycles. The fourth-order valence-corrected chi connectivity index (χ4v) is 4.98. The van der Waals surface area contributed by atoms with E-state index >= 15 is 0 Å². The molecule has 7 nitrogen and oxygen atoms in total. The van der Waals surface area contributed by atoms with Crippen LogP contribution in [0.3, 0.4) is 0 Å². The van der Waals surface area contributed by atoms with E-state index in [0.29, 0.717) is 24.7 Å². The topological polar surface area (TPSA) is 75.6 Å². The Labute approximate surface area is 140 Å². The lowest BCUT2D eigenvalue weighted by Crippen LogP contribution is -2.45. The highest BCUT2D eigenvalue weighted by Crippen LogP contribution is 2.42. The van der Waals surface area contributed by atoms with Crippen LogP contribution in [0.15, 0.2) is 41.7 Å². The molecule has 8 heteroatoms. The summed E-state index contributed by atoms with van der Waals surface area (Å²) in [5, 5.41) is 0. The van der Waals surface area contributed by atoms with Crippen LogP contribution in [0, 0.1) is 0 Å². The van der Waals surface area contributed by atoms with Gasteiger partial charge in [-0.05, 0) is 25.5 Å². The van der Waals surface area contributed by atoms with Crippen molar-refractivity contribution >= 4 is 21.4 Å². The van der Waals surface area contributed by atoms with Gasteiger partial charge in [-0.25, -0.2) is 13.4 Å². The van der Waals surface area contributed by atoms with Gasteiger partial charge in [0.1, 0.15) is 4.90 Å². The average molecular weight is 346 g/mol. The number of nitrogens with zero attached hydrogens (tertiary/aromatic N) is 4. The normalized spacial score (nSPS) is 19.3. The Balaban J connectivity index is 1.77. The Morgan fingerprint density at radius 3 is 2.88 bits per heavy atom. The van der Waals surface area contributed by atoms with E-state index in [2.05, 4.69) is 14.9 Å². The van der Waals surface area contributed by atoms with Gasteiger partial charge in [-0.2, -0.15) is 0 Å². The molecule has 0 saturated carbocycles.